The molecule has 2 heterocycles. The van der Waals surface area contributed by atoms with Crippen molar-refractivity contribution in [3.8, 4) is 0 Å². The van der Waals surface area contributed by atoms with E-state index in [4.69, 9.17) is 4.74 Å². The zero-order valence-corrected chi connectivity index (χ0v) is 8.71. The fraction of sp³-hybridized carbons (Fsp3) is 0.909. The molecule has 0 unspecified atom stereocenters. The van der Waals surface area contributed by atoms with Crippen LogP contribution < -0.4 is 0 Å². The summed E-state index contributed by atoms with van der Waals surface area (Å²) in [7, 11) is 0. The Labute approximate surface area is 85.4 Å². The summed E-state index contributed by atoms with van der Waals surface area (Å²) in [5, 5.41) is 0. The molecule has 2 rings (SSSR count). The van der Waals surface area contributed by atoms with Crippen LogP contribution in [0.25, 0.3) is 0 Å². The van der Waals surface area contributed by atoms with Crippen LogP contribution >= 0.6 is 0 Å². The van der Waals surface area contributed by atoms with E-state index >= 15 is 0 Å². The van der Waals surface area contributed by atoms with Crippen LogP contribution in [0.2, 0.25) is 0 Å². The van der Waals surface area contributed by atoms with Crippen molar-refractivity contribution < 1.29 is 9.53 Å². The Bertz CT molecular complexity index is 199. The number of piperidine rings is 1. The van der Waals surface area contributed by atoms with Crippen LogP contribution in [0.3, 0.4) is 0 Å². The number of carbonyl (C=O) groups is 1. The summed E-state index contributed by atoms with van der Waals surface area (Å²) in [5.41, 5.74) is 0. The molecule has 2 fully saturated rings. The molecule has 14 heavy (non-hydrogen) atoms. The molecule has 0 aliphatic carbocycles. The summed E-state index contributed by atoms with van der Waals surface area (Å²) in [6, 6.07) is 0. The van der Waals surface area contributed by atoms with Gasteiger partial charge in [0.1, 0.15) is 5.78 Å². The predicted octanol–water partition coefficient (Wildman–Crippen LogP) is 1.08. The monoisotopic (exact) mass is 197 g/mol. The van der Waals surface area contributed by atoms with Crippen molar-refractivity contribution >= 4 is 5.78 Å². The SMILES string of the molecule is O=C1CCOC[C@@H]1CN1CCCCC1. The van der Waals surface area contributed by atoms with Gasteiger partial charge in [-0.25, -0.2) is 0 Å². The van der Waals surface area contributed by atoms with Crippen molar-refractivity contribution in [2.45, 2.75) is 25.7 Å². The maximum absolute atomic E-state index is 11.6. The summed E-state index contributed by atoms with van der Waals surface area (Å²) in [6.07, 6.45) is 4.56. The summed E-state index contributed by atoms with van der Waals surface area (Å²) in [5.74, 6) is 0.559. The molecule has 2 aliphatic rings. The molecule has 0 N–H and O–H groups in total. The van der Waals surface area contributed by atoms with Crippen LogP contribution in [0.4, 0.5) is 0 Å². The first-order chi connectivity index (χ1) is 6.86. The lowest BCUT2D eigenvalue weighted by Gasteiger charge is -2.31. The van der Waals surface area contributed by atoms with E-state index in [0.29, 0.717) is 25.4 Å². The van der Waals surface area contributed by atoms with Crippen molar-refractivity contribution in [1.29, 1.82) is 0 Å². The van der Waals surface area contributed by atoms with Gasteiger partial charge in [-0.3, -0.25) is 4.79 Å². The van der Waals surface area contributed by atoms with E-state index in [0.717, 1.165) is 6.54 Å². The van der Waals surface area contributed by atoms with E-state index in [9.17, 15) is 4.79 Å². The normalized spacial score (nSPS) is 30.6. The minimum Gasteiger partial charge on any atom is -0.380 e. The number of hydrogen-bond donors (Lipinski definition) is 0. The fourth-order valence-corrected chi connectivity index (χ4v) is 2.30. The van der Waals surface area contributed by atoms with Gasteiger partial charge in [0, 0.05) is 13.0 Å². The van der Waals surface area contributed by atoms with Crippen LogP contribution in [0.1, 0.15) is 25.7 Å². The Balaban J connectivity index is 1.79. The molecule has 80 valence electrons. The highest BCUT2D eigenvalue weighted by Crippen LogP contribution is 2.15. The molecule has 2 aliphatic heterocycles. The molecular weight excluding hydrogens is 178 g/mol. The molecule has 0 aromatic rings. The molecular formula is C11H19NO2. The molecule has 0 radical (unpaired) electrons. The molecule has 0 amide bonds. The van der Waals surface area contributed by atoms with Crippen LogP contribution in [0.5, 0.6) is 0 Å². The minimum atomic E-state index is 0.154. The number of Topliss-reactive ketones (excluding diaryl/α,β-unsaturated/α-hetero) is 1. The van der Waals surface area contributed by atoms with Gasteiger partial charge in [0.2, 0.25) is 0 Å². The number of carbonyl (C=O) groups excluding carboxylic acids is 1. The Kier molecular flexibility index (Phi) is 3.54. The molecule has 0 spiro atoms. The lowest BCUT2D eigenvalue weighted by Crippen LogP contribution is -2.40. The van der Waals surface area contributed by atoms with Crippen molar-refractivity contribution in [2.24, 2.45) is 5.92 Å². The predicted molar refractivity (Wildman–Crippen MR) is 54.2 cm³/mol. The van der Waals surface area contributed by atoms with Gasteiger partial charge in [-0.05, 0) is 25.9 Å². The van der Waals surface area contributed by atoms with E-state index in [2.05, 4.69) is 4.90 Å². The molecule has 1 atom stereocenters. The molecule has 3 heteroatoms. The maximum atomic E-state index is 11.6. The quantitative estimate of drug-likeness (QED) is 0.663. The van der Waals surface area contributed by atoms with Gasteiger partial charge in [0.15, 0.2) is 0 Å². The van der Waals surface area contributed by atoms with E-state index in [1.165, 1.54) is 32.4 Å². The highest BCUT2D eigenvalue weighted by molar-refractivity contribution is 5.82. The third-order valence-electron chi connectivity index (χ3n) is 3.19. The number of rotatable bonds is 2. The highest BCUT2D eigenvalue weighted by Gasteiger charge is 2.25. The Morgan fingerprint density at radius 2 is 2.07 bits per heavy atom. The van der Waals surface area contributed by atoms with E-state index in [1.54, 1.807) is 0 Å². The van der Waals surface area contributed by atoms with Crippen LogP contribution in [0, 0.1) is 5.92 Å². The smallest absolute Gasteiger partial charge is 0.141 e. The Hall–Kier alpha value is -0.410. The second kappa shape index (κ2) is 4.89. The van der Waals surface area contributed by atoms with Gasteiger partial charge in [-0.1, -0.05) is 6.42 Å². The average Bonchev–Trinajstić information content (AvgIpc) is 2.23. The van der Waals surface area contributed by atoms with E-state index in [-0.39, 0.29) is 5.92 Å². The number of ketones is 1. The summed E-state index contributed by atoms with van der Waals surface area (Å²) in [4.78, 5) is 14.0. The van der Waals surface area contributed by atoms with Gasteiger partial charge < -0.3 is 9.64 Å². The van der Waals surface area contributed by atoms with Crippen LogP contribution in [-0.4, -0.2) is 43.5 Å². The molecule has 0 saturated carbocycles. The standard InChI is InChI=1S/C11H19NO2/c13-11-4-7-14-9-10(11)8-12-5-2-1-3-6-12/h10H,1-9H2/t10-/m0/s1. The van der Waals surface area contributed by atoms with Gasteiger partial charge in [0.05, 0.1) is 19.1 Å². The topological polar surface area (TPSA) is 29.5 Å². The molecule has 0 aromatic carbocycles. The second-order valence-electron chi connectivity index (χ2n) is 4.35. The van der Waals surface area contributed by atoms with Gasteiger partial charge >= 0.3 is 0 Å². The average molecular weight is 197 g/mol. The minimum absolute atomic E-state index is 0.154. The second-order valence-corrected chi connectivity index (χ2v) is 4.35. The van der Waals surface area contributed by atoms with Crippen molar-refractivity contribution in [1.82, 2.24) is 4.90 Å². The van der Waals surface area contributed by atoms with Crippen molar-refractivity contribution in [3.63, 3.8) is 0 Å². The Morgan fingerprint density at radius 1 is 1.29 bits per heavy atom. The molecule has 3 nitrogen and oxygen atoms in total. The molecule has 0 bridgehead atoms. The number of ether oxygens (including phenoxy) is 1. The van der Waals surface area contributed by atoms with Gasteiger partial charge in [-0.2, -0.15) is 0 Å². The maximum Gasteiger partial charge on any atom is 0.141 e. The lowest BCUT2D eigenvalue weighted by atomic mass is 9.99. The zero-order chi connectivity index (χ0) is 9.80. The fourth-order valence-electron chi connectivity index (χ4n) is 2.30. The van der Waals surface area contributed by atoms with Crippen molar-refractivity contribution in [3.05, 3.63) is 0 Å². The summed E-state index contributed by atoms with van der Waals surface area (Å²) >= 11 is 0. The van der Waals surface area contributed by atoms with Gasteiger partial charge in [0.25, 0.3) is 0 Å². The number of hydrogen-bond acceptors (Lipinski definition) is 3. The third kappa shape index (κ3) is 2.55. The first kappa shape index (κ1) is 10.1. The third-order valence-corrected chi connectivity index (χ3v) is 3.19. The molecule has 0 aromatic heterocycles. The van der Waals surface area contributed by atoms with E-state index < -0.39 is 0 Å². The van der Waals surface area contributed by atoms with Gasteiger partial charge in [-0.15, -0.1) is 0 Å². The van der Waals surface area contributed by atoms with Crippen LogP contribution in [-0.2, 0) is 9.53 Å². The van der Waals surface area contributed by atoms with Crippen LogP contribution in [0.15, 0.2) is 0 Å². The van der Waals surface area contributed by atoms with E-state index in [1.807, 2.05) is 0 Å². The Morgan fingerprint density at radius 3 is 2.79 bits per heavy atom. The van der Waals surface area contributed by atoms with Crippen molar-refractivity contribution in [2.75, 3.05) is 32.8 Å². The first-order valence-electron chi connectivity index (χ1n) is 5.69. The first-order valence-corrected chi connectivity index (χ1v) is 5.69. The molecule has 2 saturated heterocycles. The largest absolute Gasteiger partial charge is 0.380 e. The lowest BCUT2D eigenvalue weighted by molar-refractivity contribution is -0.131. The summed E-state index contributed by atoms with van der Waals surface area (Å²) in [6.45, 7) is 4.55. The number of likely N-dealkylation sites (tertiary alicyclic amines) is 1. The summed E-state index contributed by atoms with van der Waals surface area (Å²) < 4.78 is 5.35. The highest BCUT2D eigenvalue weighted by atomic mass is 16.5. The number of nitrogens with zero attached hydrogens (tertiary/aromatic N) is 1. The zero-order valence-electron chi connectivity index (χ0n) is 8.71.